The summed E-state index contributed by atoms with van der Waals surface area (Å²) in [5, 5.41) is 5.37. The van der Waals surface area contributed by atoms with E-state index >= 15 is 0 Å². The lowest BCUT2D eigenvalue weighted by molar-refractivity contribution is -0.132. The van der Waals surface area contributed by atoms with Gasteiger partial charge in [-0.15, -0.1) is 0 Å². The quantitative estimate of drug-likeness (QED) is 0.289. The fourth-order valence-electron chi connectivity index (χ4n) is 4.25. The number of benzene rings is 1. The van der Waals surface area contributed by atoms with Crippen molar-refractivity contribution in [2.45, 2.75) is 44.2 Å². The zero-order valence-corrected chi connectivity index (χ0v) is 21.2. The second-order valence-corrected chi connectivity index (χ2v) is 9.86. The van der Waals surface area contributed by atoms with Gasteiger partial charge in [-0.25, -0.2) is 24.3 Å². The summed E-state index contributed by atoms with van der Waals surface area (Å²) in [4.78, 5) is 43.4. The van der Waals surface area contributed by atoms with E-state index in [4.69, 9.17) is 18.7 Å². The first-order valence-corrected chi connectivity index (χ1v) is 13.5. The van der Waals surface area contributed by atoms with Crippen molar-refractivity contribution in [2.75, 3.05) is 18.5 Å². The number of nitrogens with one attached hydrogen (secondary N) is 2. The van der Waals surface area contributed by atoms with Crippen molar-refractivity contribution < 1.29 is 37.9 Å². The van der Waals surface area contributed by atoms with Gasteiger partial charge in [0.1, 0.15) is 24.6 Å². The van der Waals surface area contributed by atoms with E-state index in [0.717, 1.165) is 12.0 Å². The summed E-state index contributed by atoms with van der Waals surface area (Å²) in [5.41, 5.74) is 1.64. The van der Waals surface area contributed by atoms with Crippen molar-refractivity contribution in [2.24, 2.45) is 0 Å². The molecule has 0 aliphatic carbocycles. The van der Waals surface area contributed by atoms with Gasteiger partial charge in [-0.05, 0) is 18.1 Å². The second-order valence-electron chi connectivity index (χ2n) is 8.62. The van der Waals surface area contributed by atoms with Crippen molar-refractivity contribution in [3.63, 3.8) is 0 Å². The Labute approximate surface area is 217 Å². The number of imidazole rings is 1. The Bertz CT molecular complexity index is 1350. The van der Waals surface area contributed by atoms with Gasteiger partial charge in [-0.1, -0.05) is 43.3 Å². The van der Waals surface area contributed by atoms with Crippen LogP contribution in [0.25, 0.3) is 17.2 Å². The molecule has 38 heavy (non-hydrogen) atoms. The predicted octanol–water partition coefficient (Wildman–Crippen LogP) is 2.19. The highest BCUT2D eigenvalue weighted by Gasteiger charge is 2.53. The van der Waals surface area contributed by atoms with Crippen molar-refractivity contribution in [1.82, 2.24) is 24.8 Å². The molecule has 15 heteroatoms. The maximum atomic E-state index is 12.2. The van der Waals surface area contributed by atoms with Gasteiger partial charge in [0, 0.05) is 6.54 Å². The number of hydrogen-bond acceptors (Lipinski definition) is 9. The van der Waals surface area contributed by atoms with Crippen LogP contribution in [0, 0.1) is 0 Å². The van der Waals surface area contributed by atoms with Gasteiger partial charge < -0.3 is 29.3 Å². The van der Waals surface area contributed by atoms with Crippen molar-refractivity contribution in [3.05, 3.63) is 54.6 Å². The zero-order valence-electron chi connectivity index (χ0n) is 20.3. The number of carbonyl (C=O) groups excluding carboxylic acids is 1. The minimum absolute atomic E-state index is 0.213. The molecule has 3 aromatic rings. The van der Waals surface area contributed by atoms with Gasteiger partial charge in [0.05, 0.1) is 12.9 Å². The van der Waals surface area contributed by atoms with Gasteiger partial charge in [0.2, 0.25) is 0 Å². The summed E-state index contributed by atoms with van der Waals surface area (Å²) in [6.45, 7) is 2.02. The summed E-state index contributed by atoms with van der Waals surface area (Å²) >= 11 is 0. The Kier molecular flexibility index (Phi) is 7.81. The SMILES string of the molecule is CCCNC(=O)Nc1ncnc2c1ncn2[C@@H]1O[C@H](COP(=O)(O)O)[C@@H]2OC(/C=C/c3ccccc3)OC21. The van der Waals surface area contributed by atoms with Crippen LogP contribution in [-0.2, 0) is 23.3 Å². The highest BCUT2D eigenvalue weighted by Crippen LogP contribution is 2.43. The van der Waals surface area contributed by atoms with Gasteiger partial charge in [0.15, 0.2) is 29.5 Å². The number of nitrogens with zero attached hydrogens (tertiary/aromatic N) is 4. The first-order valence-electron chi connectivity index (χ1n) is 11.9. The number of rotatable bonds is 9. The average molecular weight is 546 g/mol. The topological polar surface area (TPSA) is 179 Å². The number of phosphoric acid groups is 1. The molecule has 202 valence electrons. The van der Waals surface area contributed by atoms with E-state index < -0.39 is 51.3 Å². The molecule has 4 heterocycles. The highest BCUT2D eigenvalue weighted by molar-refractivity contribution is 7.46. The third-order valence-corrected chi connectivity index (χ3v) is 6.41. The maximum Gasteiger partial charge on any atom is 0.469 e. The Hall–Kier alpha value is -3.23. The van der Waals surface area contributed by atoms with Crippen molar-refractivity contribution in [3.8, 4) is 0 Å². The highest BCUT2D eigenvalue weighted by atomic mass is 31.2. The molecule has 2 unspecified atom stereocenters. The number of amides is 2. The molecule has 0 spiro atoms. The van der Waals surface area contributed by atoms with Crippen LogP contribution in [0.3, 0.4) is 0 Å². The minimum Gasteiger partial charge on any atom is -0.347 e. The molecular formula is C23H27N6O8P. The van der Waals surface area contributed by atoms with Crippen LogP contribution in [0.15, 0.2) is 49.1 Å². The zero-order chi connectivity index (χ0) is 26.7. The summed E-state index contributed by atoms with van der Waals surface area (Å²) in [6, 6.07) is 9.17. The van der Waals surface area contributed by atoms with Crippen LogP contribution < -0.4 is 10.6 Å². The van der Waals surface area contributed by atoms with Gasteiger partial charge in [-0.2, -0.15) is 0 Å². The molecule has 2 aliphatic heterocycles. The number of aromatic nitrogens is 4. The first-order chi connectivity index (χ1) is 18.3. The summed E-state index contributed by atoms with van der Waals surface area (Å²) < 4.78 is 35.9. The third kappa shape index (κ3) is 5.92. The molecule has 4 N–H and O–H groups in total. The smallest absolute Gasteiger partial charge is 0.347 e. The Morgan fingerprint density at radius 2 is 1.95 bits per heavy atom. The molecule has 2 amide bonds. The van der Waals surface area contributed by atoms with Crippen LogP contribution in [0.4, 0.5) is 10.6 Å². The van der Waals surface area contributed by atoms with E-state index in [-0.39, 0.29) is 5.82 Å². The first kappa shape index (κ1) is 26.4. The van der Waals surface area contributed by atoms with Crippen LogP contribution in [-0.4, -0.2) is 73.1 Å². The van der Waals surface area contributed by atoms with E-state index in [9.17, 15) is 19.1 Å². The molecule has 14 nitrogen and oxygen atoms in total. The summed E-state index contributed by atoms with van der Waals surface area (Å²) in [5.74, 6) is 0.213. The standard InChI is InChI=1S/C23H27N6O8P/c1-2-10-24-23(30)28-20-17-21(26-12-25-20)29(13-27-17)22-19-18(15(35-22)11-34-38(31,32)33)36-16(37-19)9-8-14-6-4-3-5-7-14/h3-9,12-13,15-16,18-19,22H,2,10-11H2,1H3,(H2,31,32,33)(H2,24,25,26,28,30)/b9-8+/t15-,16?,18+,19?,22-/m1/s1. The van der Waals surface area contributed by atoms with Crippen molar-refractivity contribution >= 4 is 36.9 Å². The Balaban J connectivity index is 1.40. The Morgan fingerprint density at radius 3 is 2.71 bits per heavy atom. The molecule has 0 bridgehead atoms. The summed E-state index contributed by atoms with van der Waals surface area (Å²) in [6.07, 6.45) is 3.34. The van der Waals surface area contributed by atoms with Gasteiger partial charge in [-0.3, -0.25) is 14.4 Å². The van der Waals surface area contributed by atoms with Gasteiger partial charge >= 0.3 is 13.9 Å². The number of ether oxygens (including phenoxy) is 3. The lowest BCUT2D eigenvalue weighted by atomic mass is 10.1. The number of urea groups is 1. The number of hydrogen-bond donors (Lipinski definition) is 4. The van der Waals surface area contributed by atoms with Crippen LogP contribution in [0.2, 0.25) is 0 Å². The van der Waals surface area contributed by atoms with E-state index in [0.29, 0.717) is 17.7 Å². The van der Waals surface area contributed by atoms with E-state index in [2.05, 4.69) is 25.6 Å². The van der Waals surface area contributed by atoms with Crippen molar-refractivity contribution in [1.29, 1.82) is 0 Å². The van der Waals surface area contributed by atoms with E-state index in [1.54, 1.807) is 10.6 Å². The van der Waals surface area contributed by atoms with Crippen LogP contribution >= 0.6 is 7.82 Å². The molecule has 2 saturated heterocycles. The number of phosphoric ester groups is 1. The van der Waals surface area contributed by atoms with E-state index in [1.807, 2.05) is 43.3 Å². The maximum absolute atomic E-state index is 12.2. The average Bonchev–Trinajstić information content (AvgIpc) is 3.59. The van der Waals surface area contributed by atoms with E-state index in [1.165, 1.54) is 12.7 Å². The van der Waals surface area contributed by atoms with Crippen LogP contribution in [0.5, 0.6) is 0 Å². The minimum atomic E-state index is -4.75. The molecule has 2 aliphatic rings. The summed E-state index contributed by atoms with van der Waals surface area (Å²) in [7, 11) is -4.75. The normalized spacial score (nSPS) is 25.2. The second kappa shape index (κ2) is 11.3. The lowest BCUT2D eigenvalue weighted by Crippen LogP contribution is -2.31. The molecule has 2 aromatic heterocycles. The number of carbonyl (C=O) groups is 1. The largest absolute Gasteiger partial charge is 0.469 e. The lowest BCUT2D eigenvalue weighted by Gasteiger charge is -2.20. The molecule has 2 fully saturated rings. The fourth-order valence-corrected chi connectivity index (χ4v) is 4.59. The van der Waals surface area contributed by atoms with Crippen LogP contribution in [0.1, 0.15) is 25.1 Å². The Morgan fingerprint density at radius 1 is 1.16 bits per heavy atom. The molecular weight excluding hydrogens is 519 g/mol. The molecule has 5 atom stereocenters. The molecule has 1 aromatic carbocycles. The number of fused-ring (bicyclic) bond motifs is 2. The predicted molar refractivity (Wildman–Crippen MR) is 134 cm³/mol. The monoisotopic (exact) mass is 546 g/mol. The van der Waals surface area contributed by atoms with Gasteiger partial charge in [0.25, 0.3) is 0 Å². The molecule has 0 radical (unpaired) electrons. The molecule has 5 rings (SSSR count). The third-order valence-electron chi connectivity index (χ3n) is 5.92. The molecule has 0 saturated carbocycles. The fraction of sp³-hybridized carbons (Fsp3) is 0.391. The number of anilines is 1.